The number of carbonyl (C=O) groups is 1. The monoisotopic (exact) mass is 316 g/mol. The maximum atomic E-state index is 11.4. The molecule has 0 saturated carbocycles. The molecule has 0 radical (unpaired) electrons. The van der Waals surface area contributed by atoms with Gasteiger partial charge in [-0.05, 0) is 30.2 Å². The van der Waals surface area contributed by atoms with Crippen molar-refractivity contribution >= 4 is 6.09 Å². The molecule has 2 heterocycles. The Bertz CT molecular complexity index is 566. The summed E-state index contributed by atoms with van der Waals surface area (Å²) in [6, 6.07) is 11.7. The lowest BCUT2D eigenvalue weighted by atomic mass is 9.83. The highest BCUT2D eigenvalue weighted by molar-refractivity contribution is 5.65. The van der Waals surface area contributed by atoms with E-state index in [1.165, 1.54) is 5.56 Å². The number of hydrogen-bond donors (Lipinski definition) is 1. The van der Waals surface area contributed by atoms with Crippen LogP contribution in [-0.2, 0) is 0 Å². The van der Waals surface area contributed by atoms with Gasteiger partial charge in [-0.2, -0.15) is 0 Å². The Balaban J connectivity index is 1.90. The first-order valence-corrected chi connectivity index (χ1v) is 8.59. The van der Waals surface area contributed by atoms with Crippen molar-refractivity contribution in [1.82, 2.24) is 9.80 Å². The minimum absolute atomic E-state index is 0.196. The molecule has 0 bridgehead atoms. The number of nitrogens with zero attached hydrogens (tertiary/aromatic N) is 2. The molecule has 1 aromatic carbocycles. The molecule has 126 valence electrons. The highest BCUT2D eigenvalue weighted by atomic mass is 16.4. The fraction of sp³-hybridized carbons (Fsp3) is 0.632. The van der Waals surface area contributed by atoms with E-state index in [0.29, 0.717) is 37.1 Å². The largest absolute Gasteiger partial charge is 0.465 e. The standard InChI is InChI=1S/C19H28N2O2/c1-13(14-8-6-5-7-9-14)21-16-12-20(18(22)23)11-15(16)10-17(21)19(2,3)4/h5-9,13,15-17H,10-12H2,1-4H3,(H,22,23)/t13-,15+,16-,17?/m1/s1. The summed E-state index contributed by atoms with van der Waals surface area (Å²) < 4.78 is 0. The van der Waals surface area contributed by atoms with E-state index in [9.17, 15) is 9.90 Å². The summed E-state index contributed by atoms with van der Waals surface area (Å²) in [5.41, 5.74) is 1.51. The summed E-state index contributed by atoms with van der Waals surface area (Å²) in [4.78, 5) is 15.6. The van der Waals surface area contributed by atoms with Crippen molar-refractivity contribution in [1.29, 1.82) is 0 Å². The molecule has 23 heavy (non-hydrogen) atoms. The van der Waals surface area contributed by atoms with Crippen molar-refractivity contribution in [2.45, 2.75) is 52.2 Å². The van der Waals surface area contributed by atoms with Crippen LogP contribution in [0.3, 0.4) is 0 Å². The van der Waals surface area contributed by atoms with E-state index in [2.05, 4.69) is 56.9 Å². The first-order valence-electron chi connectivity index (χ1n) is 8.59. The third-order valence-electron chi connectivity index (χ3n) is 5.67. The molecule has 2 aliphatic rings. The average molecular weight is 316 g/mol. The minimum atomic E-state index is -0.779. The smallest absolute Gasteiger partial charge is 0.407 e. The summed E-state index contributed by atoms with van der Waals surface area (Å²) >= 11 is 0. The Hall–Kier alpha value is -1.55. The van der Waals surface area contributed by atoms with Crippen molar-refractivity contribution in [3.63, 3.8) is 0 Å². The van der Waals surface area contributed by atoms with Crippen molar-refractivity contribution in [2.24, 2.45) is 11.3 Å². The third-order valence-corrected chi connectivity index (χ3v) is 5.67. The Labute approximate surface area is 139 Å². The quantitative estimate of drug-likeness (QED) is 0.901. The summed E-state index contributed by atoms with van der Waals surface area (Å²) in [5, 5.41) is 9.34. The molecule has 4 nitrogen and oxygen atoms in total. The molecule has 1 aromatic rings. The molecule has 2 fully saturated rings. The van der Waals surface area contributed by atoms with Gasteiger partial charge in [0.05, 0.1) is 0 Å². The van der Waals surface area contributed by atoms with Gasteiger partial charge in [-0.1, -0.05) is 51.1 Å². The Morgan fingerprint density at radius 1 is 1.22 bits per heavy atom. The van der Waals surface area contributed by atoms with E-state index in [4.69, 9.17) is 0 Å². The molecule has 4 heteroatoms. The fourth-order valence-corrected chi connectivity index (χ4v) is 4.48. The van der Waals surface area contributed by atoms with Gasteiger partial charge in [0.25, 0.3) is 0 Å². The molecule has 2 aliphatic heterocycles. The predicted octanol–water partition coefficient (Wildman–Crippen LogP) is 3.85. The Kier molecular flexibility index (Phi) is 4.13. The fourth-order valence-electron chi connectivity index (χ4n) is 4.48. The van der Waals surface area contributed by atoms with E-state index in [1.807, 2.05) is 6.07 Å². The van der Waals surface area contributed by atoms with E-state index >= 15 is 0 Å². The van der Waals surface area contributed by atoms with Gasteiger partial charge in [0, 0.05) is 31.2 Å². The first kappa shape index (κ1) is 16.3. The van der Waals surface area contributed by atoms with E-state index < -0.39 is 6.09 Å². The third kappa shape index (κ3) is 2.97. The van der Waals surface area contributed by atoms with Gasteiger partial charge in [-0.15, -0.1) is 0 Å². The topological polar surface area (TPSA) is 43.8 Å². The van der Waals surface area contributed by atoms with Gasteiger partial charge >= 0.3 is 6.09 Å². The van der Waals surface area contributed by atoms with Crippen LogP contribution < -0.4 is 0 Å². The van der Waals surface area contributed by atoms with Crippen LogP contribution in [0.4, 0.5) is 4.79 Å². The minimum Gasteiger partial charge on any atom is -0.465 e. The van der Waals surface area contributed by atoms with Gasteiger partial charge in [0.15, 0.2) is 0 Å². The lowest BCUT2D eigenvalue weighted by Crippen LogP contribution is -2.47. The molecule has 1 amide bonds. The van der Waals surface area contributed by atoms with Crippen LogP contribution in [0.15, 0.2) is 30.3 Å². The van der Waals surface area contributed by atoms with Crippen LogP contribution in [0.25, 0.3) is 0 Å². The zero-order valence-electron chi connectivity index (χ0n) is 14.6. The van der Waals surface area contributed by atoms with Crippen LogP contribution in [0, 0.1) is 11.3 Å². The van der Waals surface area contributed by atoms with Crippen LogP contribution in [0.5, 0.6) is 0 Å². The highest BCUT2D eigenvalue weighted by Crippen LogP contribution is 2.46. The number of rotatable bonds is 2. The predicted molar refractivity (Wildman–Crippen MR) is 91.4 cm³/mol. The van der Waals surface area contributed by atoms with Crippen molar-refractivity contribution in [3.05, 3.63) is 35.9 Å². The lowest BCUT2D eigenvalue weighted by molar-refractivity contribution is 0.0629. The van der Waals surface area contributed by atoms with E-state index in [-0.39, 0.29) is 5.41 Å². The summed E-state index contributed by atoms with van der Waals surface area (Å²) in [6.45, 7) is 10.5. The Morgan fingerprint density at radius 2 is 1.87 bits per heavy atom. The van der Waals surface area contributed by atoms with E-state index in [1.54, 1.807) is 4.90 Å². The second kappa shape index (κ2) is 5.82. The van der Waals surface area contributed by atoms with Crippen LogP contribution in [-0.4, -0.2) is 46.2 Å². The zero-order chi connectivity index (χ0) is 16.8. The van der Waals surface area contributed by atoms with Gasteiger partial charge < -0.3 is 10.0 Å². The van der Waals surface area contributed by atoms with Gasteiger partial charge in [0.1, 0.15) is 0 Å². The molecule has 4 atom stereocenters. The molecule has 0 aromatic heterocycles. The lowest BCUT2D eigenvalue weighted by Gasteiger charge is -2.42. The summed E-state index contributed by atoms with van der Waals surface area (Å²) in [6.07, 6.45) is 0.314. The Morgan fingerprint density at radius 3 is 2.43 bits per heavy atom. The highest BCUT2D eigenvalue weighted by Gasteiger charge is 2.52. The molecule has 1 unspecified atom stereocenters. The summed E-state index contributed by atoms with van der Waals surface area (Å²) in [5.74, 6) is 0.460. The molecule has 1 N–H and O–H groups in total. The van der Waals surface area contributed by atoms with Crippen molar-refractivity contribution < 1.29 is 9.90 Å². The first-order chi connectivity index (χ1) is 10.8. The molecular formula is C19H28N2O2. The van der Waals surface area contributed by atoms with Gasteiger partial charge in [-0.25, -0.2) is 4.79 Å². The number of fused-ring (bicyclic) bond motifs is 1. The van der Waals surface area contributed by atoms with Crippen molar-refractivity contribution in [3.8, 4) is 0 Å². The number of carboxylic acid groups (broad SMARTS) is 1. The van der Waals surface area contributed by atoms with E-state index in [0.717, 1.165) is 6.42 Å². The molecular weight excluding hydrogens is 288 g/mol. The van der Waals surface area contributed by atoms with Gasteiger partial charge in [-0.3, -0.25) is 4.90 Å². The molecule has 3 rings (SSSR count). The van der Waals surface area contributed by atoms with Crippen molar-refractivity contribution in [2.75, 3.05) is 13.1 Å². The van der Waals surface area contributed by atoms with Crippen LogP contribution in [0.2, 0.25) is 0 Å². The second-order valence-electron chi connectivity index (χ2n) is 8.17. The number of hydrogen-bond acceptors (Lipinski definition) is 2. The van der Waals surface area contributed by atoms with Gasteiger partial charge in [0.2, 0.25) is 0 Å². The SMILES string of the molecule is C[C@H](c1ccccc1)N1C(C(C)(C)C)C[C@H]2CN(C(=O)O)C[C@H]21. The second-order valence-corrected chi connectivity index (χ2v) is 8.17. The number of amides is 1. The number of likely N-dealkylation sites (tertiary alicyclic amines) is 2. The summed E-state index contributed by atoms with van der Waals surface area (Å²) in [7, 11) is 0. The maximum absolute atomic E-state index is 11.4. The molecule has 0 aliphatic carbocycles. The van der Waals surface area contributed by atoms with Crippen LogP contribution in [0.1, 0.15) is 45.7 Å². The number of benzene rings is 1. The zero-order valence-corrected chi connectivity index (χ0v) is 14.6. The normalized spacial score (nSPS) is 29.6. The maximum Gasteiger partial charge on any atom is 0.407 e. The average Bonchev–Trinajstić information content (AvgIpc) is 3.04. The van der Waals surface area contributed by atoms with Crippen LogP contribution >= 0.6 is 0 Å². The molecule has 0 spiro atoms. The molecule has 2 saturated heterocycles.